The van der Waals surface area contributed by atoms with Crippen LogP contribution in [0.4, 0.5) is 22.7 Å². The molecule has 3 N–H and O–H groups in total. The van der Waals surface area contributed by atoms with Crippen molar-refractivity contribution in [3.63, 3.8) is 0 Å². The largest absolute Gasteiger partial charge is 0.376 e. The SMILES string of the molecule is CCCCCC(=O)Nc1cccc(NCC(=O)Nc2ccc(C(=O)N(CC)c3ccccc3)cc2)c1. The summed E-state index contributed by atoms with van der Waals surface area (Å²) in [6.07, 6.45) is 3.48. The Bertz CT molecular complexity index is 1150. The molecule has 3 aromatic rings. The molecule has 0 unspecified atom stereocenters. The first kappa shape index (κ1) is 26.5. The van der Waals surface area contributed by atoms with E-state index < -0.39 is 0 Å². The van der Waals surface area contributed by atoms with E-state index >= 15 is 0 Å². The lowest BCUT2D eigenvalue weighted by molar-refractivity contribution is -0.116. The van der Waals surface area contributed by atoms with Gasteiger partial charge in [-0.15, -0.1) is 0 Å². The molecule has 0 aliphatic carbocycles. The number of para-hydroxylation sites is 1. The Morgan fingerprint density at radius 3 is 2.11 bits per heavy atom. The normalized spacial score (nSPS) is 10.4. The molecule has 0 heterocycles. The van der Waals surface area contributed by atoms with Gasteiger partial charge in [0.25, 0.3) is 5.91 Å². The second kappa shape index (κ2) is 13.7. The first-order valence-electron chi connectivity index (χ1n) is 12.4. The van der Waals surface area contributed by atoms with Gasteiger partial charge >= 0.3 is 0 Å². The van der Waals surface area contributed by atoms with Crippen molar-refractivity contribution in [2.75, 3.05) is 33.9 Å². The summed E-state index contributed by atoms with van der Waals surface area (Å²) >= 11 is 0. The molecule has 7 nitrogen and oxygen atoms in total. The van der Waals surface area contributed by atoms with E-state index in [9.17, 15) is 14.4 Å². The molecule has 0 radical (unpaired) electrons. The molecule has 0 saturated heterocycles. The smallest absolute Gasteiger partial charge is 0.258 e. The molecule has 188 valence electrons. The average molecular weight is 487 g/mol. The first-order chi connectivity index (χ1) is 17.5. The predicted octanol–water partition coefficient (Wildman–Crippen LogP) is 5.92. The van der Waals surface area contributed by atoms with Gasteiger partial charge in [0.15, 0.2) is 0 Å². The Hall–Kier alpha value is -4.13. The van der Waals surface area contributed by atoms with Gasteiger partial charge in [-0.05, 0) is 67.9 Å². The average Bonchev–Trinajstić information content (AvgIpc) is 2.89. The molecule has 0 spiro atoms. The molecule has 3 aromatic carbocycles. The third-order valence-corrected chi connectivity index (χ3v) is 5.65. The zero-order valence-corrected chi connectivity index (χ0v) is 20.9. The van der Waals surface area contributed by atoms with Crippen LogP contribution in [0.25, 0.3) is 0 Å². The van der Waals surface area contributed by atoms with E-state index in [1.807, 2.05) is 55.5 Å². The molecule has 0 fully saturated rings. The molecular formula is C29H34N4O3. The van der Waals surface area contributed by atoms with Crippen LogP contribution in [0, 0.1) is 0 Å². The Kier molecular flexibility index (Phi) is 10.1. The third kappa shape index (κ3) is 7.98. The van der Waals surface area contributed by atoms with E-state index in [0.29, 0.717) is 29.9 Å². The fraction of sp³-hybridized carbons (Fsp3) is 0.276. The number of rotatable bonds is 12. The van der Waals surface area contributed by atoms with Crippen LogP contribution in [-0.2, 0) is 9.59 Å². The molecule has 7 heteroatoms. The summed E-state index contributed by atoms with van der Waals surface area (Å²) in [6.45, 7) is 4.65. The molecular weight excluding hydrogens is 452 g/mol. The maximum absolute atomic E-state index is 12.9. The second-order valence-corrected chi connectivity index (χ2v) is 8.45. The fourth-order valence-corrected chi connectivity index (χ4v) is 3.76. The van der Waals surface area contributed by atoms with Crippen LogP contribution in [-0.4, -0.2) is 30.8 Å². The lowest BCUT2D eigenvalue weighted by atomic mass is 10.1. The molecule has 0 aromatic heterocycles. The Morgan fingerprint density at radius 2 is 1.42 bits per heavy atom. The van der Waals surface area contributed by atoms with Gasteiger partial charge in [0, 0.05) is 41.3 Å². The summed E-state index contributed by atoms with van der Waals surface area (Å²) < 4.78 is 0. The summed E-state index contributed by atoms with van der Waals surface area (Å²) in [5.74, 6) is -0.325. The highest BCUT2D eigenvalue weighted by Crippen LogP contribution is 2.19. The van der Waals surface area contributed by atoms with Crippen LogP contribution < -0.4 is 20.9 Å². The van der Waals surface area contributed by atoms with Gasteiger partial charge in [-0.25, -0.2) is 0 Å². The maximum Gasteiger partial charge on any atom is 0.258 e. The van der Waals surface area contributed by atoms with Crippen LogP contribution in [0.15, 0.2) is 78.9 Å². The lowest BCUT2D eigenvalue weighted by Gasteiger charge is -2.21. The molecule has 0 aliphatic heterocycles. The summed E-state index contributed by atoms with van der Waals surface area (Å²) in [5, 5.41) is 8.80. The monoisotopic (exact) mass is 486 g/mol. The highest BCUT2D eigenvalue weighted by Gasteiger charge is 2.16. The maximum atomic E-state index is 12.9. The third-order valence-electron chi connectivity index (χ3n) is 5.65. The summed E-state index contributed by atoms with van der Waals surface area (Å²) in [6, 6.07) is 23.7. The van der Waals surface area contributed by atoms with E-state index in [2.05, 4.69) is 22.9 Å². The van der Waals surface area contributed by atoms with Gasteiger partial charge in [0.05, 0.1) is 6.54 Å². The van der Waals surface area contributed by atoms with Crippen LogP contribution in [0.2, 0.25) is 0 Å². The topological polar surface area (TPSA) is 90.5 Å². The number of amides is 3. The number of anilines is 4. The van der Waals surface area contributed by atoms with Crippen molar-refractivity contribution >= 4 is 40.5 Å². The van der Waals surface area contributed by atoms with E-state index in [1.165, 1.54) is 0 Å². The zero-order valence-electron chi connectivity index (χ0n) is 20.9. The number of unbranched alkanes of at least 4 members (excludes halogenated alkanes) is 2. The van der Waals surface area contributed by atoms with Crippen molar-refractivity contribution in [3.8, 4) is 0 Å². The van der Waals surface area contributed by atoms with Gasteiger partial charge in [-0.1, -0.05) is 44.0 Å². The van der Waals surface area contributed by atoms with Crippen molar-refractivity contribution in [3.05, 3.63) is 84.4 Å². The van der Waals surface area contributed by atoms with E-state index in [4.69, 9.17) is 0 Å². The molecule has 0 atom stereocenters. The highest BCUT2D eigenvalue weighted by atomic mass is 16.2. The second-order valence-electron chi connectivity index (χ2n) is 8.45. The van der Waals surface area contributed by atoms with Crippen LogP contribution in [0.1, 0.15) is 49.9 Å². The standard InChI is InChI=1S/C29H34N4O3/c1-3-5-7-15-27(34)32-25-12-10-11-24(20-25)30-21-28(35)31-23-18-16-22(17-19-23)29(36)33(4-2)26-13-8-6-9-14-26/h6,8-14,16-20,30H,3-5,7,15,21H2,1-2H3,(H,31,35)(H,32,34). The number of nitrogens with one attached hydrogen (secondary N) is 3. The molecule has 0 bridgehead atoms. The fourth-order valence-electron chi connectivity index (χ4n) is 3.76. The van der Waals surface area contributed by atoms with Crippen molar-refractivity contribution in [1.82, 2.24) is 0 Å². The Labute approximate surface area is 212 Å². The Morgan fingerprint density at radius 1 is 0.722 bits per heavy atom. The van der Waals surface area contributed by atoms with Gasteiger partial charge in [0.2, 0.25) is 11.8 Å². The predicted molar refractivity (Wildman–Crippen MR) is 147 cm³/mol. The summed E-state index contributed by atoms with van der Waals surface area (Å²) in [7, 11) is 0. The van der Waals surface area contributed by atoms with Gasteiger partial charge in [-0.2, -0.15) is 0 Å². The quantitative estimate of drug-likeness (QED) is 0.277. The van der Waals surface area contributed by atoms with Gasteiger partial charge in [-0.3, -0.25) is 14.4 Å². The highest BCUT2D eigenvalue weighted by molar-refractivity contribution is 6.06. The summed E-state index contributed by atoms with van der Waals surface area (Å²) in [4.78, 5) is 39.1. The van der Waals surface area contributed by atoms with E-state index in [0.717, 1.165) is 30.6 Å². The minimum absolute atomic E-state index is 0.00824. The Balaban J connectivity index is 1.50. The zero-order chi connectivity index (χ0) is 25.8. The van der Waals surface area contributed by atoms with Crippen molar-refractivity contribution in [2.24, 2.45) is 0 Å². The van der Waals surface area contributed by atoms with Crippen molar-refractivity contribution in [1.29, 1.82) is 0 Å². The number of nitrogens with zero attached hydrogens (tertiary/aromatic N) is 1. The minimum atomic E-state index is -0.220. The molecule has 36 heavy (non-hydrogen) atoms. The van der Waals surface area contributed by atoms with Crippen LogP contribution >= 0.6 is 0 Å². The number of benzene rings is 3. The number of carbonyl (C=O) groups is 3. The van der Waals surface area contributed by atoms with Crippen LogP contribution in [0.5, 0.6) is 0 Å². The molecule has 3 rings (SSSR count). The first-order valence-corrected chi connectivity index (χ1v) is 12.4. The van der Waals surface area contributed by atoms with Crippen molar-refractivity contribution in [2.45, 2.75) is 39.5 Å². The summed E-state index contributed by atoms with van der Waals surface area (Å²) in [5.41, 5.74) is 3.42. The van der Waals surface area contributed by atoms with Crippen molar-refractivity contribution < 1.29 is 14.4 Å². The number of hydrogen-bond acceptors (Lipinski definition) is 4. The molecule has 0 aliphatic rings. The minimum Gasteiger partial charge on any atom is -0.376 e. The van der Waals surface area contributed by atoms with Gasteiger partial charge < -0.3 is 20.9 Å². The molecule has 0 saturated carbocycles. The molecule has 3 amide bonds. The lowest BCUT2D eigenvalue weighted by Crippen LogP contribution is -2.30. The van der Waals surface area contributed by atoms with Gasteiger partial charge in [0.1, 0.15) is 0 Å². The van der Waals surface area contributed by atoms with E-state index in [1.54, 1.807) is 35.2 Å². The number of hydrogen-bond donors (Lipinski definition) is 3. The van der Waals surface area contributed by atoms with Crippen LogP contribution in [0.3, 0.4) is 0 Å². The number of carbonyl (C=O) groups excluding carboxylic acids is 3. The van der Waals surface area contributed by atoms with E-state index in [-0.39, 0.29) is 24.3 Å².